The zero-order chi connectivity index (χ0) is 34.7. The van der Waals surface area contributed by atoms with Crippen LogP contribution < -0.4 is 25.9 Å². The molecule has 0 amide bonds. The zero-order valence-corrected chi connectivity index (χ0v) is 30.9. The number of aromatic nitrogens is 4. The maximum atomic E-state index is 13.4. The van der Waals surface area contributed by atoms with Crippen molar-refractivity contribution < 1.29 is 8.82 Å². The Balaban J connectivity index is 1.10. The van der Waals surface area contributed by atoms with Crippen molar-refractivity contribution in [1.29, 1.82) is 0 Å². The minimum Gasteiger partial charge on any atom is -0.406 e. The first-order valence-electron chi connectivity index (χ1n) is 17.3. The van der Waals surface area contributed by atoms with Crippen molar-refractivity contribution in [3.05, 3.63) is 119 Å². The zero-order valence-electron chi connectivity index (χ0n) is 29.1. The predicted molar refractivity (Wildman–Crippen MR) is 205 cm³/mol. The van der Waals surface area contributed by atoms with Crippen molar-refractivity contribution in [2.45, 2.75) is 51.7 Å². The van der Waals surface area contributed by atoms with E-state index in [1.165, 1.54) is 22.5 Å². The van der Waals surface area contributed by atoms with Gasteiger partial charge in [-0.05, 0) is 58.2 Å². The number of aryl methyl sites for hydroxylation is 1. The van der Waals surface area contributed by atoms with Crippen molar-refractivity contribution in [1.82, 2.24) is 24.9 Å². The van der Waals surface area contributed by atoms with Crippen LogP contribution in [0.5, 0.6) is 0 Å². The predicted octanol–water partition coefficient (Wildman–Crippen LogP) is 6.52. The van der Waals surface area contributed by atoms with Crippen LogP contribution in [-0.4, -0.2) is 60.2 Å². The van der Waals surface area contributed by atoms with Gasteiger partial charge >= 0.3 is 0 Å². The molecule has 0 aliphatic carbocycles. The van der Waals surface area contributed by atoms with Crippen molar-refractivity contribution in [3.63, 3.8) is 0 Å². The molecule has 8 nitrogen and oxygen atoms in total. The van der Waals surface area contributed by atoms with E-state index >= 15 is 0 Å². The summed E-state index contributed by atoms with van der Waals surface area (Å²) in [5, 5.41) is 17.9. The number of benzene rings is 3. The normalized spacial score (nSPS) is 15.5. The average Bonchev–Trinajstić information content (AvgIpc) is 3.76. The van der Waals surface area contributed by atoms with Gasteiger partial charge < -0.3 is 20.0 Å². The van der Waals surface area contributed by atoms with Crippen molar-refractivity contribution >= 4 is 47.3 Å². The molecule has 0 saturated carbocycles. The summed E-state index contributed by atoms with van der Waals surface area (Å²) in [4.78, 5) is 12.0. The summed E-state index contributed by atoms with van der Waals surface area (Å²) in [6, 6.07) is 32.3. The number of fused-ring (bicyclic) bond motifs is 1. The van der Waals surface area contributed by atoms with E-state index in [0.717, 1.165) is 65.3 Å². The van der Waals surface area contributed by atoms with Crippen LogP contribution in [0.25, 0.3) is 16.9 Å². The van der Waals surface area contributed by atoms with Gasteiger partial charge in [-0.2, -0.15) is 4.52 Å². The van der Waals surface area contributed by atoms with E-state index in [2.05, 4.69) is 116 Å². The van der Waals surface area contributed by atoms with E-state index < -0.39 is 8.32 Å². The first-order chi connectivity index (χ1) is 24.2. The lowest BCUT2D eigenvalue weighted by molar-refractivity contribution is 0.242. The molecule has 2 N–H and O–H groups in total. The van der Waals surface area contributed by atoms with Crippen molar-refractivity contribution in [2.24, 2.45) is 0 Å². The highest BCUT2D eigenvalue weighted by Gasteiger charge is 2.50. The third-order valence-electron chi connectivity index (χ3n) is 9.47. The molecule has 3 aromatic heterocycles. The monoisotopic (exact) mass is 705 g/mol. The molecule has 3 aromatic carbocycles. The Morgan fingerprint density at radius 3 is 2.30 bits per heavy atom. The molecule has 0 bridgehead atoms. The topological polar surface area (TPSA) is 79.6 Å². The van der Waals surface area contributed by atoms with Gasteiger partial charge in [0.25, 0.3) is 8.32 Å². The van der Waals surface area contributed by atoms with E-state index in [-0.39, 0.29) is 16.9 Å². The highest BCUT2D eigenvalue weighted by molar-refractivity contribution is 7.10. The molecule has 258 valence electrons. The van der Waals surface area contributed by atoms with Crippen LogP contribution in [0.2, 0.25) is 5.04 Å². The Bertz CT molecular complexity index is 1990. The Morgan fingerprint density at radius 2 is 1.64 bits per heavy atom. The van der Waals surface area contributed by atoms with Crippen LogP contribution in [0.15, 0.2) is 102 Å². The van der Waals surface area contributed by atoms with E-state index in [1.54, 1.807) is 23.5 Å². The number of piperazine rings is 1. The van der Waals surface area contributed by atoms with Crippen LogP contribution in [0.3, 0.4) is 0 Å². The first-order valence-corrected chi connectivity index (χ1v) is 20.1. The largest absolute Gasteiger partial charge is 0.406 e. The summed E-state index contributed by atoms with van der Waals surface area (Å²) in [6.07, 6.45) is 0.773. The Hall–Kier alpha value is -4.42. The minimum absolute atomic E-state index is 0.0837. The molecule has 0 spiro atoms. The molecule has 1 aliphatic rings. The highest BCUT2D eigenvalue weighted by atomic mass is 32.1. The fourth-order valence-electron chi connectivity index (χ4n) is 7.00. The Labute approximate surface area is 298 Å². The summed E-state index contributed by atoms with van der Waals surface area (Å²) < 4.78 is 22.7. The summed E-state index contributed by atoms with van der Waals surface area (Å²) in [6.45, 7) is 12.7. The molecule has 4 heterocycles. The van der Waals surface area contributed by atoms with Gasteiger partial charge in [-0.1, -0.05) is 88.4 Å². The van der Waals surface area contributed by atoms with E-state index in [1.807, 2.05) is 9.90 Å². The molecule has 7 rings (SSSR count). The maximum Gasteiger partial charge on any atom is 0.261 e. The first kappa shape index (κ1) is 34.0. The molecule has 0 unspecified atom stereocenters. The minimum atomic E-state index is -2.65. The summed E-state index contributed by atoms with van der Waals surface area (Å²) in [5.74, 6) is 1.53. The molecule has 1 aliphatic heterocycles. The second-order valence-corrected chi connectivity index (χ2v) is 19.0. The third kappa shape index (κ3) is 6.83. The molecular formula is C39H44FN7OSSi. The lowest BCUT2D eigenvalue weighted by Gasteiger charge is -2.44. The SMILES string of the molecule is CCc1nc2ccc(N3CCN[C@@H](CO[Si](c4ccccc4)(c4ccccc4)C(C)(C)C)C3)nn2c1NCc1nc(-c2ccc(F)cc2)cs1. The van der Waals surface area contributed by atoms with Gasteiger partial charge in [0, 0.05) is 36.6 Å². The number of imidazole rings is 1. The van der Waals surface area contributed by atoms with E-state index in [0.29, 0.717) is 13.2 Å². The number of thiazole rings is 1. The average molecular weight is 706 g/mol. The molecular weight excluding hydrogens is 662 g/mol. The lowest BCUT2D eigenvalue weighted by atomic mass is 10.2. The second-order valence-electron chi connectivity index (χ2n) is 13.8. The molecule has 50 heavy (non-hydrogen) atoms. The molecule has 1 atom stereocenters. The van der Waals surface area contributed by atoms with Gasteiger partial charge in [0.1, 0.15) is 16.6 Å². The fraction of sp³-hybridized carbons (Fsp3) is 0.308. The smallest absolute Gasteiger partial charge is 0.261 e. The van der Waals surface area contributed by atoms with Gasteiger partial charge in [0.15, 0.2) is 11.5 Å². The number of rotatable bonds is 11. The van der Waals surface area contributed by atoms with Crippen LogP contribution in [0.1, 0.15) is 38.4 Å². The Kier molecular flexibility index (Phi) is 9.83. The summed E-state index contributed by atoms with van der Waals surface area (Å²) in [5.41, 5.74) is 3.51. The molecule has 6 aromatic rings. The van der Waals surface area contributed by atoms with Gasteiger partial charge in [-0.3, -0.25) is 0 Å². The molecule has 1 fully saturated rings. The van der Waals surface area contributed by atoms with Crippen molar-refractivity contribution in [2.75, 3.05) is 36.5 Å². The van der Waals surface area contributed by atoms with Crippen LogP contribution in [0.4, 0.5) is 16.0 Å². The summed E-state index contributed by atoms with van der Waals surface area (Å²) >= 11 is 1.58. The fourth-order valence-corrected chi connectivity index (χ4v) is 12.3. The second kappa shape index (κ2) is 14.4. The van der Waals surface area contributed by atoms with Crippen LogP contribution >= 0.6 is 11.3 Å². The number of anilines is 2. The maximum absolute atomic E-state index is 13.4. The number of nitrogens with one attached hydrogen (secondary N) is 2. The highest BCUT2D eigenvalue weighted by Crippen LogP contribution is 2.37. The number of hydrogen-bond acceptors (Lipinski definition) is 8. The Morgan fingerprint density at radius 1 is 0.940 bits per heavy atom. The number of hydrogen-bond donors (Lipinski definition) is 2. The quantitative estimate of drug-likeness (QED) is 0.149. The standard InChI is InChI=1S/C39H44FN7OSSi/c1-5-33-38(42-24-37-44-34(27-49-37)28-16-18-29(40)19-17-28)47-35(43-33)20-21-36(45-47)46-23-22-41-30(25-46)26-48-50(39(2,3)4,31-12-8-6-9-13-31)32-14-10-7-11-15-32/h6-21,27,30,41-42H,5,22-26H2,1-4H3/t30-/m1/s1. The molecule has 1 saturated heterocycles. The van der Waals surface area contributed by atoms with Gasteiger partial charge in [0.2, 0.25) is 0 Å². The van der Waals surface area contributed by atoms with Crippen LogP contribution in [-0.2, 0) is 17.4 Å². The van der Waals surface area contributed by atoms with Gasteiger partial charge in [0.05, 0.1) is 24.5 Å². The molecule has 11 heteroatoms. The number of halogens is 1. The third-order valence-corrected chi connectivity index (χ3v) is 15.3. The van der Waals surface area contributed by atoms with E-state index in [9.17, 15) is 4.39 Å². The number of nitrogens with zero attached hydrogens (tertiary/aromatic N) is 5. The van der Waals surface area contributed by atoms with Crippen molar-refractivity contribution in [3.8, 4) is 11.3 Å². The lowest BCUT2D eigenvalue weighted by Crippen LogP contribution is -2.68. The summed E-state index contributed by atoms with van der Waals surface area (Å²) in [7, 11) is -2.65. The van der Waals surface area contributed by atoms with Gasteiger partial charge in [-0.15, -0.1) is 16.4 Å². The van der Waals surface area contributed by atoms with Gasteiger partial charge in [-0.25, -0.2) is 14.4 Å². The van der Waals surface area contributed by atoms with Crippen LogP contribution in [0, 0.1) is 5.82 Å². The van der Waals surface area contributed by atoms with E-state index in [4.69, 9.17) is 19.5 Å². The molecule has 0 radical (unpaired) electrons.